The van der Waals surface area contributed by atoms with Crippen molar-refractivity contribution in [2.45, 2.75) is 25.3 Å². The third-order valence-corrected chi connectivity index (χ3v) is 3.53. The summed E-state index contributed by atoms with van der Waals surface area (Å²) in [5.41, 5.74) is -1.32. The Bertz CT molecular complexity index is 321. The number of nitrogens with one attached hydrogen (secondary N) is 1. The first kappa shape index (κ1) is 15.3. The van der Waals surface area contributed by atoms with Crippen LogP contribution in [0.15, 0.2) is 0 Å². The van der Waals surface area contributed by atoms with Crippen LogP contribution in [0.2, 0.25) is 0 Å². The van der Waals surface area contributed by atoms with Crippen molar-refractivity contribution < 1.29 is 28.5 Å². The molecular formula is C8H17NO6S. The van der Waals surface area contributed by atoms with Crippen molar-refractivity contribution in [2.75, 3.05) is 19.0 Å². The van der Waals surface area contributed by atoms with Gasteiger partial charge in [-0.3, -0.25) is 4.79 Å². The molecule has 0 radical (unpaired) electrons. The minimum Gasteiger partial charge on any atom is -0.481 e. The number of rotatable bonds is 8. The van der Waals surface area contributed by atoms with Crippen LogP contribution in [0.4, 0.5) is 0 Å². The Labute approximate surface area is 94.1 Å². The lowest BCUT2D eigenvalue weighted by molar-refractivity contribution is -0.137. The maximum atomic E-state index is 11.4. The molecule has 0 fully saturated rings. The number of aliphatic hydroxyl groups excluding tert-OH is 2. The summed E-state index contributed by atoms with van der Waals surface area (Å²) in [4.78, 5) is 10.2. The smallest absolute Gasteiger partial charge is 0.303 e. The third-order valence-electron chi connectivity index (χ3n) is 1.90. The minimum atomic E-state index is -3.69. The number of hydrogen-bond acceptors (Lipinski definition) is 5. The van der Waals surface area contributed by atoms with Crippen LogP contribution < -0.4 is 4.72 Å². The van der Waals surface area contributed by atoms with Gasteiger partial charge < -0.3 is 15.3 Å². The Morgan fingerprint density at radius 2 is 1.81 bits per heavy atom. The van der Waals surface area contributed by atoms with Crippen molar-refractivity contribution in [3.05, 3.63) is 0 Å². The normalized spacial score (nSPS) is 12.7. The lowest BCUT2D eigenvalue weighted by Gasteiger charge is -2.25. The highest BCUT2D eigenvalue weighted by molar-refractivity contribution is 7.89. The molecule has 0 atom stereocenters. The van der Waals surface area contributed by atoms with Gasteiger partial charge in [0, 0.05) is 6.42 Å². The Morgan fingerprint density at radius 3 is 2.19 bits per heavy atom. The summed E-state index contributed by atoms with van der Waals surface area (Å²) >= 11 is 0. The van der Waals surface area contributed by atoms with Crippen LogP contribution in [-0.4, -0.2) is 54.2 Å². The van der Waals surface area contributed by atoms with Crippen molar-refractivity contribution in [1.29, 1.82) is 0 Å². The van der Waals surface area contributed by atoms with E-state index in [0.717, 1.165) is 0 Å². The summed E-state index contributed by atoms with van der Waals surface area (Å²) in [7, 11) is -3.69. The molecule has 0 saturated heterocycles. The second-order valence-corrected chi connectivity index (χ2v) is 5.64. The SMILES string of the molecule is CC(CO)(CO)NS(=O)(=O)CCCC(=O)O. The molecule has 0 bridgehead atoms. The number of aliphatic hydroxyl groups is 2. The van der Waals surface area contributed by atoms with E-state index in [1.165, 1.54) is 6.92 Å². The molecule has 0 unspecified atom stereocenters. The molecule has 0 aliphatic carbocycles. The summed E-state index contributed by atoms with van der Waals surface area (Å²) in [5.74, 6) is -1.42. The van der Waals surface area contributed by atoms with Crippen LogP contribution in [0.25, 0.3) is 0 Å². The summed E-state index contributed by atoms with van der Waals surface area (Å²) in [6.45, 7) is 0.269. The molecule has 16 heavy (non-hydrogen) atoms. The van der Waals surface area contributed by atoms with E-state index in [9.17, 15) is 13.2 Å². The zero-order chi connectivity index (χ0) is 12.8. The standard InChI is InChI=1S/C8H17NO6S/c1-8(5-10,6-11)9-16(14,15)4-2-3-7(12)13/h9-11H,2-6H2,1H3,(H,12,13). The second-order valence-electron chi connectivity index (χ2n) is 3.80. The first-order valence-electron chi connectivity index (χ1n) is 4.70. The van der Waals surface area contributed by atoms with Crippen molar-refractivity contribution in [3.8, 4) is 0 Å². The van der Waals surface area contributed by atoms with Crippen molar-refractivity contribution in [3.63, 3.8) is 0 Å². The van der Waals surface area contributed by atoms with Gasteiger partial charge in [0.05, 0.1) is 24.5 Å². The van der Waals surface area contributed by atoms with Crippen LogP contribution in [0.5, 0.6) is 0 Å². The molecule has 0 aliphatic rings. The highest BCUT2D eigenvalue weighted by Crippen LogP contribution is 2.05. The van der Waals surface area contributed by atoms with Crippen molar-refractivity contribution in [1.82, 2.24) is 4.72 Å². The fourth-order valence-corrected chi connectivity index (χ4v) is 2.46. The molecule has 0 aromatic carbocycles. The average molecular weight is 255 g/mol. The summed E-state index contributed by atoms with van der Waals surface area (Å²) in [6, 6.07) is 0. The predicted octanol–water partition coefficient (Wildman–Crippen LogP) is -1.49. The Kier molecular flexibility index (Phi) is 5.87. The van der Waals surface area contributed by atoms with Gasteiger partial charge in [-0.15, -0.1) is 0 Å². The Balaban J connectivity index is 4.29. The summed E-state index contributed by atoms with van der Waals surface area (Å²) in [5, 5.41) is 26.1. The lowest BCUT2D eigenvalue weighted by atomic mass is 10.1. The fourth-order valence-electron chi connectivity index (χ4n) is 0.954. The average Bonchev–Trinajstić information content (AvgIpc) is 2.16. The van der Waals surface area contributed by atoms with Gasteiger partial charge >= 0.3 is 5.97 Å². The van der Waals surface area contributed by atoms with Crippen LogP contribution in [0.3, 0.4) is 0 Å². The molecule has 0 heterocycles. The quantitative estimate of drug-likeness (QED) is 0.419. The lowest BCUT2D eigenvalue weighted by Crippen LogP contribution is -2.52. The van der Waals surface area contributed by atoms with Gasteiger partial charge in [0.1, 0.15) is 0 Å². The van der Waals surface area contributed by atoms with E-state index in [4.69, 9.17) is 15.3 Å². The van der Waals surface area contributed by atoms with Crippen LogP contribution in [-0.2, 0) is 14.8 Å². The van der Waals surface area contributed by atoms with Gasteiger partial charge in [-0.2, -0.15) is 0 Å². The fraction of sp³-hybridized carbons (Fsp3) is 0.875. The zero-order valence-corrected chi connectivity index (χ0v) is 9.83. The second kappa shape index (κ2) is 6.14. The van der Waals surface area contributed by atoms with E-state index in [1.54, 1.807) is 0 Å². The maximum absolute atomic E-state index is 11.4. The van der Waals surface area contributed by atoms with E-state index in [-0.39, 0.29) is 18.6 Å². The number of carboxylic acids is 1. The van der Waals surface area contributed by atoms with E-state index in [2.05, 4.69) is 4.72 Å². The molecule has 4 N–H and O–H groups in total. The monoisotopic (exact) mass is 255 g/mol. The maximum Gasteiger partial charge on any atom is 0.303 e. The topological polar surface area (TPSA) is 124 Å². The highest BCUT2D eigenvalue weighted by Gasteiger charge is 2.28. The van der Waals surface area contributed by atoms with Crippen LogP contribution in [0.1, 0.15) is 19.8 Å². The van der Waals surface area contributed by atoms with Crippen molar-refractivity contribution in [2.24, 2.45) is 0 Å². The van der Waals surface area contributed by atoms with Crippen molar-refractivity contribution >= 4 is 16.0 Å². The van der Waals surface area contributed by atoms with E-state index in [1.807, 2.05) is 0 Å². The Hall–Kier alpha value is -0.700. The van der Waals surface area contributed by atoms with Crippen LogP contribution >= 0.6 is 0 Å². The third kappa shape index (κ3) is 6.01. The molecule has 96 valence electrons. The molecule has 0 aromatic rings. The largest absolute Gasteiger partial charge is 0.481 e. The van der Waals surface area contributed by atoms with Gasteiger partial charge in [-0.05, 0) is 13.3 Å². The molecule has 0 spiro atoms. The summed E-state index contributed by atoms with van der Waals surface area (Å²) in [6.07, 6.45) is -0.256. The number of hydrogen-bond donors (Lipinski definition) is 4. The molecule has 8 heteroatoms. The van der Waals surface area contributed by atoms with E-state index < -0.39 is 34.7 Å². The minimum absolute atomic E-state index is 0.0163. The number of sulfonamides is 1. The zero-order valence-electron chi connectivity index (χ0n) is 9.01. The van der Waals surface area contributed by atoms with E-state index >= 15 is 0 Å². The Morgan fingerprint density at radius 1 is 1.31 bits per heavy atom. The van der Waals surface area contributed by atoms with Gasteiger partial charge in [-0.25, -0.2) is 13.1 Å². The molecule has 0 saturated carbocycles. The van der Waals surface area contributed by atoms with Gasteiger partial charge in [0.25, 0.3) is 0 Å². The number of aliphatic carboxylic acids is 1. The molecular weight excluding hydrogens is 238 g/mol. The first-order valence-corrected chi connectivity index (χ1v) is 6.35. The predicted molar refractivity (Wildman–Crippen MR) is 56.4 cm³/mol. The summed E-state index contributed by atoms with van der Waals surface area (Å²) < 4.78 is 25.0. The van der Waals surface area contributed by atoms with Gasteiger partial charge in [0.15, 0.2) is 0 Å². The molecule has 0 amide bonds. The highest BCUT2D eigenvalue weighted by atomic mass is 32.2. The van der Waals surface area contributed by atoms with Crippen LogP contribution in [0, 0.1) is 0 Å². The molecule has 0 aromatic heterocycles. The molecule has 7 nitrogen and oxygen atoms in total. The number of carboxylic acid groups (broad SMARTS) is 1. The van der Waals surface area contributed by atoms with Gasteiger partial charge in [0.2, 0.25) is 10.0 Å². The number of carbonyl (C=O) groups is 1. The molecule has 0 rings (SSSR count). The molecule has 0 aliphatic heterocycles. The first-order chi connectivity index (χ1) is 7.24. The van der Waals surface area contributed by atoms with Gasteiger partial charge in [-0.1, -0.05) is 0 Å². The van der Waals surface area contributed by atoms with E-state index in [0.29, 0.717) is 0 Å².